The lowest BCUT2D eigenvalue weighted by Crippen LogP contribution is -2.29. The number of nitrogens with two attached hydrogens (primary N) is 1. The Bertz CT molecular complexity index is 449. The van der Waals surface area contributed by atoms with Crippen molar-refractivity contribution in [3.63, 3.8) is 0 Å². The summed E-state index contributed by atoms with van der Waals surface area (Å²) in [6.45, 7) is 5.86. The van der Waals surface area contributed by atoms with Gasteiger partial charge in [0, 0.05) is 18.3 Å². The van der Waals surface area contributed by atoms with Crippen molar-refractivity contribution in [2.75, 3.05) is 25.9 Å². The summed E-state index contributed by atoms with van der Waals surface area (Å²) >= 11 is 0. The molecule has 0 atom stereocenters. The highest BCUT2D eigenvalue weighted by Gasteiger charge is 2.10. The van der Waals surface area contributed by atoms with Crippen LogP contribution in [-0.2, 0) is 0 Å². The predicted octanol–water partition coefficient (Wildman–Crippen LogP) is 2.26. The molecule has 0 heterocycles. The van der Waals surface area contributed by atoms with E-state index in [1.807, 2.05) is 0 Å². The van der Waals surface area contributed by atoms with E-state index in [0.29, 0.717) is 18.3 Å². The lowest BCUT2D eigenvalue weighted by molar-refractivity contribution is 0.0953. The van der Waals surface area contributed by atoms with Crippen molar-refractivity contribution in [2.24, 2.45) is 0 Å². The van der Waals surface area contributed by atoms with Crippen LogP contribution in [0.2, 0.25) is 0 Å². The van der Waals surface area contributed by atoms with Gasteiger partial charge in [0.2, 0.25) is 0 Å². The maximum atomic E-state index is 13.1. The number of hydrogen-bond acceptors (Lipinski definition) is 3. The first kappa shape index (κ1) is 16.4. The fourth-order valence-electron chi connectivity index (χ4n) is 1.77. The highest BCUT2D eigenvalue weighted by atomic mass is 19.1. The van der Waals surface area contributed by atoms with Gasteiger partial charge in [-0.3, -0.25) is 4.79 Å². The van der Waals surface area contributed by atoms with Crippen molar-refractivity contribution >= 4 is 11.6 Å². The zero-order chi connectivity index (χ0) is 15.1. The minimum absolute atomic E-state index is 0.198. The van der Waals surface area contributed by atoms with E-state index in [1.54, 1.807) is 0 Å². The molecule has 0 fully saturated rings. The number of carbonyl (C=O) groups is 1. The van der Waals surface area contributed by atoms with Crippen LogP contribution in [-0.4, -0.2) is 37.0 Å². The third-order valence-electron chi connectivity index (χ3n) is 3.36. The van der Waals surface area contributed by atoms with E-state index in [0.717, 1.165) is 25.5 Å². The van der Waals surface area contributed by atoms with Crippen LogP contribution in [0.5, 0.6) is 0 Å². The number of hydrogen-bond donors (Lipinski definition) is 2. The normalized spacial score (nSPS) is 11.1. The maximum Gasteiger partial charge on any atom is 0.253 e. The fourth-order valence-corrected chi connectivity index (χ4v) is 1.77. The first-order valence-electron chi connectivity index (χ1n) is 6.95. The molecule has 0 bridgehead atoms. The van der Waals surface area contributed by atoms with Crippen molar-refractivity contribution in [1.82, 2.24) is 10.2 Å². The SMILES string of the molecule is CC(C)N(C)CCCCNC(=O)c1cc(F)ccc1N. The molecule has 0 aliphatic carbocycles. The fraction of sp³-hybridized carbons (Fsp3) is 0.533. The number of benzene rings is 1. The van der Waals surface area contributed by atoms with Crippen molar-refractivity contribution in [3.05, 3.63) is 29.6 Å². The molecule has 0 unspecified atom stereocenters. The monoisotopic (exact) mass is 281 g/mol. The van der Waals surface area contributed by atoms with Crippen LogP contribution in [0.25, 0.3) is 0 Å². The highest BCUT2D eigenvalue weighted by Crippen LogP contribution is 2.13. The molecular weight excluding hydrogens is 257 g/mol. The molecule has 1 aromatic rings. The maximum absolute atomic E-state index is 13.1. The quantitative estimate of drug-likeness (QED) is 0.595. The smallest absolute Gasteiger partial charge is 0.253 e. The Hall–Kier alpha value is -1.62. The number of nitrogens with one attached hydrogen (secondary N) is 1. The van der Waals surface area contributed by atoms with Crippen LogP contribution < -0.4 is 11.1 Å². The molecule has 112 valence electrons. The van der Waals surface area contributed by atoms with E-state index in [9.17, 15) is 9.18 Å². The van der Waals surface area contributed by atoms with Crippen molar-refractivity contribution in [1.29, 1.82) is 0 Å². The summed E-state index contributed by atoms with van der Waals surface area (Å²) in [5, 5.41) is 2.77. The minimum atomic E-state index is -0.456. The van der Waals surface area contributed by atoms with Gasteiger partial charge in [-0.05, 0) is 58.5 Å². The molecule has 20 heavy (non-hydrogen) atoms. The van der Waals surface area contributed by atoms with Crippen LogP contribution in [0.3, 0.4) is 0 Å². The Balaban J connectivity index is 2.32. The lowest BCUT2D eigenvalue weighted by atomic mass is 10.1. The van der Waals surface area contributed by atoms with E-state index in [-0.39, 0.29) is 11.5 Å². The average Bonchev–Trinajstić information content (AvgIpc) is 2.40. The van der Waals surface area contributed by atoms with Crippen molar-refractivity contribution in [3.8, 4) is 0 Å². The molecule has 0 saturated carbocycles. The molecule has 3 N–H and O–H groups in total. The number of unbranched alkanes of at least 4 members (excludes halogenated alkanes) is 1. The number of rotatable bonds is 7. The molecule has 0 saturated heterocycles. The Kier molecular flexibility index (Phi) is 6.45. The summed E-state index contributed by atoms with van der Waals surface area (Å²) in [7, 11) is 2.08. The number of halogens is 1. The van der Waals surface area contributed by atoms with Crippen molar-refractivity contribution < 1.29 is 9.18 Å². The van der Waals surface area contributed by atoms with Crippen LogP contribution >= 0.6 is 0 Å². The molecule has 0 aromatic heterocycles. The third kappa shape index (κ3) is 5.17. The summed E-state index contributed by atoms with van der Waals surface area (Å²) in [6.07, 6.45) is 1.89. The van der Waals surface area contributed by atoms with Crippen LogP contribution in [0.4, 0.5) is 10.1 Å². The first-order chi connectivity index (χ1) is 9.41. The first-order valence-corrected chi connectivity index (χ1v) is 6.95. The summed E-state index contributed by atoms with van der Waals surface area (Å²) in [6, 6.07) is 4.34. The van der Waals surface area contributed by atoms with E-state index in [4.69, 9.17) is 5.73 Å². The van der Waals surface area contributed by atoms with Gasteiger partial charge in [-0.25, -0.2) is 4.39 Å². The molecular formula is C15H24FN3O. The van der Waals surface area contributed by atoms with Gasteiger partial charge in [-0.15, -0.1) is 0 Å². The topological polar surface area (TPSA) is 58.4 Å². The van der Waals surface area contributed by atoms with Gasteiger partial charge in [0.15, 0.2) is 0 Å². The Labute approximate surface area is 120 Å². The zero-order valence-electron chi connectivity index (χ0n) is 12.4. The molecule has 0 radical (unpaired) electrons. The van der Waals surface area contributed by atoms with Crippen LogP contribution in [0.15, 0.2) is 18.2 Å². The predicted molar refractivity (Wildman–Crippen MR) is 80.1 cm³/mol. The van der Waals surface area contributed by atoms with E-state index in [1.165, 1.54) is 12.1 Å². The van der Waals surface area contributed by atoms with Crippen LogP contribution in [0.1, 0.15) is 37.0 Å². The molecule has 1 aromatic carbocycles. The third-order valence-corrected chi connectivity index (χ3v) is 3.36. The summed E-state index contributed by atoms with van der Waals surface area (Å²) in [5.41, 5.74) is 6.15. The number of carbonyl (C=O) groups excluding carboxylic acids is 1. The molecule has 1 amide bonds. The van der Waals surface area contributed by atoms with E-state index in [2.05, 4.69) is 31.1 Å². The molecule has 0 spiro atoms. The largest absolute Gasteiger partial charge is 0.398 e. The second-order valence-corrected chi connectivity index (χ2v) is 5.27. The standard InChI is InChI=1S/C15H24FN3O/c1-11(2)19(3)9-5-4-8-18-15(20)13-10-12(16)6-7-14(13)17/h6-7,10-11H,4-5,8-9,17H2,1-3H3,(H,18,20). The zero-order valence-corrected chi connectivity index (χ0v) is 12.4. The molecule has 1 rings (SSSR count). The van der Waals surface area contributed by atoms with Gasteiger partial charge in [-0.1, -0.05) is 0 Å². The number of anilines is 1. The molecule has 0 aliphatic heterocycles. The Morgan fingerprint density at radius 2 is 2.10 bits per heavy atom. The van der Waals surface area contributed by atoms with Crippen molar-refractivity contribution in [2.45, 2.75) is 32.7 Å². The summed E-state index contributed by atoms with van der Waals surface area (Å²) in [4.78, 5) is 14.1. The molecule has 0 aliphatic rings. The Morgan fingerprint density at radius 1 is 1.40 bits per heavy atom. The molecule has 4 nitrogen and oxygen atoms in total. The van der Waals surface area contributed by atoms with Gasteiger partial charge >= 0.3 is 0 Å². The van der Waals surface area contributed by atoms with Gasteiger partial charge in [0.05, 0.1) is 5.56 Å². The van der Waals surface area contributed by atoms with Crippen LogP contribution in [0, 0.1) is 5.82 Å². The minimum Gasteiger partial charge on any atom is -0.398 e. The van der Waals surface area contributed by atoms with E-state index < -0.39 is 5.82 Å². The number of amides is 1. The van der Waals surface area contributed by atoms with Gasteiger partial charge in [-0.2, -0.15) is 0 Å². The summed E-state index contributed by atoms with van der Waals surface area (Å²) in [5.74, 6) is -0.776. The second-order valence-electron chi connectivity index (χ2n) is 5.27. The lowest BCUT2D eigenvalue weighted by Gasteiger charge is -2.20. The van der Waals surface area contributed by atoms with Gasteiger partial charge in [0.25, 0.3) is 5.91 Å². The Morgan fingerprint density at radius 3 is 2.75 bits per heavy atom. The average molecular weight is 281 g/mol. The molecule has 5 heteroatoms. The van der Waals surface area contributed by atoms with E-state index >= 15 is 0 Å². The van der Waals surface area contributed by atoms with Gasteiger partial charge < -0.3 is 16.0 Å². The second kappa shape index (κ2) is 7.85. The number of nitrogen functional groups attached to an aromatic ring is 1. The summed E-state index contributed by atoms with van der Waals surface area (Å²) < 4.78 is 13.1. The number of nitrogens with zero attached hydrogens (tertiary/aromatic N) is 1. The van der Waals surface area contributed by atoms with Gasteiger partial charge in [0.1, 0.15) is 5.82 Å². The highest BCUT2D eigenvalue weighted by molar-refractivity contribution is 5.99.